The highest BCUT2D eigenvalue weighted by Crippen LogP contribution is 2.42. The molecular formula is C16H15ClF3N3O3. The number of nitrogens with zero attached hydrogens (tertiary/aromatic N) is 1. The van der Waals surface area contributed by atoms with E-state index in [4.69, 9.17) is 11.6 Å². The second kappa shape index (κ2) is 6.15. The van der Waals surface area contributed by atoms with Crippen LogP contribution >= 0.6 is 11.6 Å². The van der Waals surface area contributed by atoms with Gasteiger partial charge in [-0.15, -0.1) is 0 Å². The minimum Gasteiger partial charge on any atom is -0.325 e. The molecule has 2 fully saturated rings. The van der Waals surface area contributed by atoms with Crippen molar-refractivity contribution >= 4 is 35.1 Å². The maximum atomic E-state index is 12.9. The molecule has 0 radical (unpaired) electrons. The van der Waals surface area contributed by atoms with Crippen LogP contribution in [0.2, 0.25) is 5.02 Å². The van der Waals surface area contributed by atoms with Gasteiger partial charge in [-0.1, -0.05) is 11.6 Å². The van der Waals surface area contributed by atoms with Crippen molar-refractivity contribution in [3.8, 4) is 0 Å². The molecule has 140 valence electrons. The molecule has 1 aromatic carbocycles. The second-order valence-electron chi connectivity index (χ2n) is 6.54. The van der Waals surface area contributed by atoms with Gasteiger partial charge in [-0.2, -0.15) is 13.2 Å². The summed E-state index contributed by atoms with van der Waals surface area (Å²) in [7, 11) is 0. The molecule has 3 rings (SSSR count). The van der Waals surface area contributed by atoms with Gasteiger partial charge >= 0.3 is 12.2 Å². The molecule has 6 nitrogen and oxygen atoms in total. The molecule has 1 saturated heterocycles. The van der Waals surface area contributed by atoms with E-state index in [0.29, 0.717) is 6.07 Å². The van der Waals surface area contributed by atoms with Crippen LogP contribution in [0.15, 0.2) is 18.2 Å². The predicted molar refractivity (Wildman–Crippen MR) is 86.5 cm³/mol. The largest absolute Gasteiger partial charge is 0.417 e. The Bertz CT molecular complexity index is 795. The summed E-state index contributed by atoms with van der Waals surface area (Å²) in [5.41, 5.74) is -2.25. The van der Waals surface area contributed by atoms with E-state index in [1.54, 1.807) is 6.92 Å². The minimum atomic E-state index is -4.67. The topological polar surface area (TPSA) is 78.5 Å². The fourth-order valence-corrected chi connectivity index (χ4v) is 3.19. The van der Waals surface area contributed by atoms with Crippen LogP contribution in [-0.2, 0) is 15.8 Å². The minimum absolute atomic E-state index is 0.0395. The Morgan fingerprint density at radius 3 is 2.62 bits per heavy atom. The molecule has 0 spiro atoms. The van der Waals surface area contributed by atoms with Gasteiger partial charge in [0.05, 0.1) is 10.6 Å². The summed E-state index contributed by atoms with van der Waals surface area (Å²) in [6.45, 7) is 1.02. The number of hydrogen-bond donors (Lipinski definition) is 2. The number of amides is 4. The van der Waals surface area contributed by atoms with Crippen LogP contribution < -0.4 is 10.6 Å². The highest BCUT2D eigenvalue weighted by Gasteiger charge is 2.56. The molecule has 1 aliphatic carbocycles. The summed E-state index contributed by atoms with van der Waals surface area (Å²) >= 11 is 5.52. The van der Waals surface area contributed by atoms with Gasteiger partial charge in [0.2, 0.25) is 5.91 Å². The molecule has 2 aliphatic rings. The zero-order chi connectivity index (χ0) is 19.3. The number of hydrogen-bond acceptors (Lipinski definition) is 3. The number of anilines is 1. The number of carbonyl (C=O) groups excluding carboxylic acids is 3. The van der Waals surface area contributed by atoms with E-state index in [9.17, 15) is 27.6 Å². The Labute approximate surface area is 151 Å². The molecule has 1 heterocycles. The summed E-state index contributed by atoms with van der Waals surface area (Å²) in [6.07, 6.45) is -3.05. The Morgan fingerprint density at radius 1 is 1.38 bits per heavy atom. The number of benzene rings is 1. The first-order valence-corrected chi connectivity index (χ1v) is 8.21. The van der Waals surface area contributed by atoms with Crippen LogP contribution in [0.4, 0.5) is 23.7 Å². The van der Waals surface area contributed by atoms with Gasteiger partial charge in [0.15, 0.2) is 0 Å². The smallest absolute Gasteiger partial charge is 0.325 e. The third-order valence-corrected chi connectivity index (χ3v) is 4.88. The van der Waals surface area contributed by atoms with Crippen LogP contribution in [0.25, 0.3) is 0 Å². The molecule has 1 saturated carbocycles. The average Bonchev–Trinajstić information content (AvgIpc) is 3.34. The lowest BCUT2D eigenvalue weighted by Crippen LogP contribution is -2.46. The van der Waals surface area contributed by atoms with E-state index in [2.05, 4.69) is 10.6 Å². The Kier molecular flexibility index (Phi) is 4.38. The van der Waals surface area contributed by atoms with Crippen LogP contribution in [-0.4, -0.2) is 34.8 Å². The molecule has 26 heavy (non-hydrogen) atoms. The number of rotatable bonds is 4. The molecule has 1 aliphatic heterocycles. The standard InChI is InChI=1S/C16H15ClF3N3O3/c1-15(8-2-3-8)13(25)23(14(26)22-15)7-12(24)21-9-4-5-11(17)10(6-9)16(18,19)20/h4-6,8H,2-3,7H2,1H3,(H,21,24)(H,22,26)/t15-/m0/s1. The molecule has 4 amide bonds. The number of urea groups is 1. The van der Waals surface area contributed by atoms with Crippen molar-refractivity contribution in [2.45, 2.75) is 31.5 Å². The van der Waals surface area contributed by atoms with Crippen LogP contribution in [0.5, 0.6) is 0 Å². The zero-order valence-corrected chi connectivity index (χ0v) is 14.4. The first-order valence-electron chi connectivity index (χ1n) is 7.83. The Morgan fingerprint density at radius 2 is 2.04 bits per heavy atom. The molecule has 0 aromatic heterocycles. The fourth-order valence-electron chi connectivity index (χ4n) is 2.96. The molecule has 0 unspecified atom stereocenters. The van der Waals surface area contributed by atoms with Gasteiger partial charge in [0.1, 0.15) is 12.1 Å². The SMILES string of the molecule is C[C@@]1(C2CC2)NC(=O)N(CC(=O)Nc2ccc(Cl)c(C(F)(F)F)c2)C1=O. The molecule has 2 N–H and O–H groups in total. The van der Waals surface area contributed by atoms with E-state index in [-0.39, 0.29) is 11.6 Å². The van der Waals surface area contributed by atoms with Gasteiger partial charge in [-0.3, -0.25) is 14.5 Å². The molecule has 10 heteroatoms. The van der Waals surface area contributed by atoms with E-state index in [1.807, 2.05) is 0 Å². The first kappa shape index (κ1) is 18.5. The van der Waals surface area contributed by atoms with E-state index >= 15 is 0 Å². The van der Waals surface area contributed by atoms with Crippen LogP contribution in [0, 0.1) is 5.92 Å². The van der Waals surface area contributed by atoms with E-state index in [0.717, 1.165) is 23.8 Å². The van der Waals surface area contributed by atoms with Crippen molar-refractivity contribution in [1.82, 2.24) is 10.2 Å². The maximum Gasteiger partial charge on any atom is 0.417 e. The Balaban J connectivity index is 1.70. The van der Waals surface area contributed by atoms with Gasteiger partial charge in [0, 0.05) is 5.69 Å². The van der Waals surface area contributed by atoms with Crippen molar-refractivity contribution in [2.75, 3.05) is 11.9 Å². The lowest BCUT2D eigenvalue weighted by molar-refractivity contribution is -0.137. The average molecular weight is 390 g/mol. The van der Waals surface area contributed by atoms with Crippen LogP contribution in [0.3, 0.4) is 0 Å². The van der Waals surface area contributed by atoms with Crippen molar-refractivity contribution in [2.24, 2.45) is 5.92 Å². The number of halogens is 4. The monoisotopic (exact) mass is 389 g/mol. The van der Waals surface area contributed by atoms with Gasteiger partial charge in [0.25, 0.3) is 5.91 Å². The quantitative estimate of drug-likeness (QED) is 0.777. The summed E-state index contributed by atoms with van der Waals surface area (Å²) in [5, 5.41) is 4.34. The molecule has 1 atom stereocenters. The zero-order valence-electron chi connectivity index (χ0n) is 13.6. The second-order valence-corrected chi connectivity index (χ2v) is 6.95. The number of nitrogens with one attached hydrogen (secondary N) is 2. The lowest BCUT2D eigenvalue weighted by Gasteiger charge is -2.20. The number of alkyl halides is 3. The normalized spacial score (nSPS) is 23.2. The van der Waals surface area contributed by atoms with Gasteiger partial charge < -0.3 is 10.6 Å². The van der Waals surface area contributed by atoms with Crippen molar-refractivity contribution < 1.29 is 27.6 Å². The third-order valence-electron chi connectivity index (χ3n) is 4.55. The third kappa shape index (κ3) is 3.35. The lowest BCUT2D eigenvalue weighted by atomic mass is 9.96. The van der Waals surface area contributed by atoms with Gasteiger partial charge in [-0.25, -0.2) is 4.79 Å². The summed E-state index contributed by atoms with van der Waals surface area (Å²) < 4.78 is 38.6. The van der Waals surface area contributed by atoms with Crippen molar-refractivity contribution in [3.63, 3.8) is 0 Å². The van der Waals surface area contributed by atoms with Crippen molar-refractivity contribution in [3.05, 3.63) is 28.8 Å². The van der Waals surface area contributed by atoms with E-state index in [1.165, 1.54) is 6.07 Å². The maximum absolute atomic E-state index is 12.9. The number of carbonyl (C=O) groups is 3. The number of imide groups is 1. The first-order chi connectivity index (χ1) is 12.0. The summed E-state index contributed by atoms with van der Waals surface area (Å²) in [6, 6.07) is 2.22. The fraction of sp³-hybridized carbons (Fsp3) is 0.438. The Hall–Kier alpha value is -2.29. The van der Waals surface area contributed by atoms with Crippen molar-refractivity contribution in [1.29, 1.82) is 0 Å². The van der Waals surface area contributed by atoms with Gasteiger partial charge in [-0.05, 0) is 43.9 Å². The predicted octanol–water partition coefficient (Wildman–Crippen LogP) is 3.02. The highest BCUT2D eigenvalue weighted by molar-refractivity contribution is 6.31. The summed E-state index contributed by atoms with van der Waals surface area (Å²) in [4.78, 5) is 37.3. The molecular weight excluding hydrogens is 375 g/mol. The molecule has 0 bridgehead atoms. The summed E-state index contributed by atoms with van der Waals surface area (Å²) in [5.74, 6) is -1.26. The van der Waals surface area contributed by atoms with E-state index < -0.39 is 46.7 Å². The highest BCUT2D eigenvalue weighted by atomic mass is 35.5. The van der Waals surface area contributed by atoms with Crippen LogP contribution in [0.1, 0.15) is 25.3 Å². The molecule has 1 aromatic rings.